The van der Waals surface area contributed by atoms with Crippen molar-refractivity contribution in [2.45, 2.75) is 31.2 Å². The third-order valence-corrected chi connectivity index (χ3v) is 7.73. The number of nitrogens with one attached hydrogen (secondary N) is 1. The van der Waals surface area contributed by atoms with Crippen molar-refractivity contribution in [2.24, 2.45) is 0 Å². The van der Waals surface area contributed by atoms with Gasteiger partial charge in [0, 0.05) is 25.2 Å². The molecule has 38 heavy (non-hydrogen) atoms. The van der Waals surface area contributed by atoms with Crippen LogP contribution in [-0.4, -0.2) is 55.7 Å². The number of likely N-dealkylation sites (N-methyl/N-ethyl adjacent to an activating group) is 1. The topological polar surface area (TPSA) is 130 Å². The Kier molecular flexibility index (Phi) is 9.55. The highest BCUT2D eigenvalue weighted by atomic mass is 32.2. The highest BCUT2D eigenvalue weighted by Crippen LogP contribution is 2.27. The molecule has 2 amide bonds. The molecule has 3 aromatic carbocycles. The fraction of sp³-hybridized carbons (Fsp3) is 0.259. The molecule has 0 fully saturated rings. The van der Waals surface area contributed by atoms with Crippen LogP contribution in [0.25, 0.3) is 0 Å². The number of benzene rings is 3. The number of hydrogen-bond donors (Lipinski definition) is 1. The van der Waals surface area contributed by atoms with E-state index in [1.54, 1.807) is 32.0 Å². The molecule has 3 aromatic rings. The average Bonchev–Trinajstić information content (AvgIpc) is 2.92. The minimum absolute atomic E-state index is 0.0370. The molecule has 0 unspecified atom stereocenters. The lowest BCUT2D eigenvalue weighted by Gasteiger charge is -2.31. The van der Waals surface area contributed by atoms with Crippen molar-refractivity contribution in [1.82, 2.24) is 10.2 Å². The third-order valence-electron chi connectivity index (χ3n) is 5.94. The number of nitro groups is 1. The molecular weight excluding hydrogens is 508 g/mol. The van der Waals surface area contributed by atoms with Crippen molar-refractivity contribution in [1.29, 1.82) is 0 Å². The standard InChI is InChI=1S/C27H30N4O6S/c1-3-28-27(33)21(2)29(18-17-22-11-6-4-7-12-22)26(32)20-30(23-13-10-14-24(19-23)31(34)35)38(36,37)25-15-8-5-9-16-25/h4-16,19,21H,3,17-18,20H2,1-2H3,(H,28,33)/t21-/m1/s1. The van der Waals surface area contributed by atoms with E-state index in [0.717, 1.165) is 15.9 Å². The van der Waals surface area contributed by atoms with Crippen LogP contribution < -0.4 is 9.62 Å². The van der Waals surface area contributed by atoms with Crippen LogP contribution >= 0.6 is 0 Å². The Morgan fingerprint density at radius 1 is 0.974 bits per heavy atom. The average molecular weight is 539 g/mol. The van der Waals surface area contributed by atoms with Crippen LogP contribution in [0.4, 0.5) is 11.4 Å². The fourth-order valence-electron chi connectivity index (χ4n) is 3.90. The maximum Gasteiger partial charge on any atom is 0.271 e. The van der Waals surface area contributed by atoms with Crippen molar-refractivity contribution < 1.29 is 22.9 Å². The van der Waals surface area contributed by atoms with E-state index in [1.165, 1.54) is 35.2 Å². The first-order valence-corrected chi connectivity index (χ1v) is 13.5. The van der Waals surface area contributed by atoms with E-state index in [0.29, 0.717) is 13.0 Å². The number of amides is 2. The Bertz CT molecular complexity index is 1370. The van der Waals surface area contributed by atoms with Crippen molar-refractivity contribution in [3.63, 3.8) is 0 Å². The number of rotatable bonds is 12. The predicted octanol–water partition coefficient (Wildman–Crippen LogP) is 3.39. The van der Waals surface area contributed by atoms with Crippen LogP contribution in [0.15, 0.2) is 89.8 Å². The number of anilines is 1. The molecule has 0 aromatic heterocycles. The first-order valence-electron chi connectivity index (χ1n) is 12.1. The summed E-state index contributed by atoms with van der Waals surface area (Å²) in [5, 5.41) is 14.1. The lowest BCUT2D eigenvalue weighted by Crippen LogP contribution is -2.52. The molecule has 11 heteroatoms. The van der Waals surface area contributed by atoms with Gasteiger partial charge in [-0.2, -0.15) is 0 Å². The van der Waals surface area contributed by atoms with Crippen molar-refractivity contribution in [2.75, 3.05) is 23.9 Å². The van der Waals surface area contributed by atoms with Gasteiger partial charge < -0.3 is 10.2 Å². The monoisotopic (exact) mass is 538 g/mol. The molecule has 200 valence electrons. The third kappa shape index (κ3) is 6.94. The predicted molar refractivity (Wildman–Crippen MR) is 144 cm³/mol. The lowest BCUT2D eigenvalue weighted by molar-refractivity contribution is -0.384. The quantitative estimate of drug-likeness (QED) is 0.278. The summed E-state index contributed by atoms with van der Waals surface area (Å²) in [6.45, 7) is 3.22. The molecule has 0 saturated heterocycles. The number of sulfonamides is 1. The van der Waals surface area contributed by atoms with Crippen molar-refractivity contribution in [3.05, 3.63) is 101 Å². The number of carbonyl (C=O) groups is 2. The van der Waals surface area contributed by atoms with Gasteiger partial charge in [0.25, 0.3) is 15.7 Å². The summed E-state index contributed by atoms with van der Waals surface area (Å²) in [6.07, 6.45) is 0.443. The van der Waals surface area contributed by atoms with E-state index in [4.69, 9.17) is 0 Å². The molecule has 3 rings (SSSR count). The Hall–Kier alpha value is -4.25. The van der Waals surface area contributed by atoms with E-state index in [2.05, 4.69) is 5.32 Å². The fourth-order valence-corrected chi connectivity index (χ4v) is 5.33. The summed E-state index contributed by atoms with van der Waals surface area (Å²) >= 11 is 0. The molecule has 0 aliphatic carbocycles. The molecule has 1 atom stereocenters. The Labute approximate surface area is 222 Å². The van der Waals surface area contributed by atoms with E-state index in [1.807, 2.05) is 30.3 Å². The minimum atomic E-state index is -4.29. The number of nitro benzene ring substituents is 1. The van der Waals surface area contributed by atoms with Crippen LogP contribution in [0.5, 0.6) is 0 Å². The first-order chi connectivity index (χ1) is 18.1. The number of hydrogen-bond acceptors (Lipinski definition) is 6. The lowest BCUT2D eigenvalue weighted by atomic mass is 10.1. The van der Waals surface area contributed by atoms with Crippen molar-refractivity contribution >= 4 is 33.2 Å². The van der Waals surface area contributed by atoms with E-state index < -0.39 is 33.4 Å². The number of nitrogens with zero attached hydrogens (tertiary/aromatic N) is 3. The van der Waals surface area contributed by atoms with Gasteiger partial charge in [-0.15, -0.1) is 0 Å². The van der Waals surface area contributed by atoms with Crippen LogP contribution in [0, 0.1) is 10.1 Å². The van der Waals surface area contributed by atoms with E-state index in [-0.39, 0.29) is 28.7 Å². The van der Waals surface area contributed by atoms with Gasteiger partial charge in [0.1, 0.15) is 12.6 Å². The minimum Gasteiger partial charge on any atom is -0.355 e. The van der Waals surface area contributed by atoms with E-state index >= 15 is 0 Å². The van der Waals surface area contributed by atoms with E-state index in [9.17, 15) is 28.1 Å². The van der Waals surface area contributed by atoms with Crippen LogP contribution in [0.2, 0.25) is 0 Å². The second-order valence-electron chi connectivity index (χ2n) is 8.49. The molecule has 1 N–H and O–H groups in total. The van der Waals surface area contributed by atoms with Gasteiger partial charge in [-0.1, -0.05) is 54.6 Å². The Morgan fingerprint density at radius 3 is 2.21 bits per heavy atom. The summed E-state index contributed by atoms with van der Waals surface area (Å²) in [6, 6.07) is 21.1. The molecule has 0 aliphatic rings. The van der Waals surface area contributed by atoms with Gasteiger partial charge in [-0.3, -0.25) is 24.0 Å². The Morgan fingerprint density at radius 2 is 1.61 bits per heavy atom. The zero-order chi connectivity index (χ0) is 27.7. The summed E-state index contributed by atoms with van der Waals surface area (Å²) in [5.41, 5.74) is 0.589. The second-order valence-corrected chi connectivity index (χ2v) is 10.4. The van der Waals surface area contributed by atoms with Gasteiger partial charge in [0.05, 0.1) is 15.5 Å². The summed E-state index contributed by atoms with van der Waals surface area (Å²) in [4.78, 5) is 38.4. The second kappa shape index (κ2) is 12.8. The highest BCUT2D eigenvalue weighted by Gasteiger charge is 2.32. The van der Waals surface area contributed by atoms with Gasteiger partial charge >= 0.3 is 0 Å². The number of non-ortho nitro benzene ring substituents is 1. The van der Waals surface area contributed by atoms with Gasteiger partial charge in [-0.25, -0.2) is 8.42 Å². The molecule has 0 radical (unpaired) electrons. The van der Waals surface area contributed by atoms with Crippen LogP contribution in [-0.2, 0) is 26.0 Å². The normalized spacial score (nSPS) is 11.8. The first kappa shape index (κ1) is 28.3. The van der Waals surface area contributed by atoms with Gasteiger partial charge in [0.15, 0.2) is 0 Å². The smallest absolute Gasteiger partial charge is 0.271 e. The summed E-state index contributed by atoms with van der Waals surface area (Å²) < 4.78 is 28.2. The molecule has 0 spiro atoms. The van der Waals surface area contributed by atoms with Crippen LogP contribution in [0.3, 0.4) is 0 Å². The summed E-state index contributed by atoms with van der Waals surface area (Å²) in [5.74, 6) is -0.993. The number of carbonyl (C=O) groups excluding carboxylic acids is 2. The molecular formula is C27H30N4O6S. The van der Waals surface area contributed by atoms with Gasteiger partial charge in [-0.05, 0) is 44.0 Å². The van der Waals surface area contributed by atoms with Gasteiger partial charge in [0.2, 0.25) is 11.8 Å². The molecule has 0 aliphatic heterocycles. The molecule has 10 nitrogen and oxygen atoms in total. The highest BCUT2D eigenvalue weighted by molar-refractivity contribution is 7.92. The Balaban J connectivity index is 2.00. The molecule has 0 heterocycles. The largest absolute Gasteiger partial charge is 0.355 e. The molecule has 0 saturated carbocycles. The van der Waals surface area contributed by atoms with Crippen molar-refractivity contribution in [3.8, 4) is 0 Å². The zero-order valence-corrected chi connectivity index (χ0v) is 22.0. The van der Waals surface area contributed by atoms with Crippen LogP contribution in [0.1, 0.15) is 19.4 Å². The maximum absolute atomic E-state index is 13.7. The maximum atomic E-state index is 13.7. The molecule has 0 bridgehead atoms. The SMILES string of the molecule is CCNC(=O)[C@@H](C)N(CCc1ccccc1)C(=O)CN(c1cccc([N+](=O)[O-])c1)S(=O)(=O)c1ccccc1. The summed E-state index contributed by atoms with van der Waals surface area (Å²) in [7, 11) is -4.29. The zero-order valence-electron chi connectivity index (χ0n) is 21.2.